The number of hydrogen-bond acceptors (Lipinski definition) is 4. The molecule has 1 fully saturated rings. The molecule has 0 saturated carbocycles. The van der Waals surface area contributed by atoms with Crippen LogP contribution in [0.25, 0.3) is 0 Å². The summed E-state index contributed by atoms with van der Waals surface area (Å²) >= 11 is 0. The van der Waals surface area contributed by atoms with Crippen LogP contribution in [-0.2, 0) is 20.9 Å². The molecule has 1 unspecified atom stereocenters. The van der Waals surface area contributed by atoms with Gasteiger partial charge in [-0.3, -0.25) is 9.59 Å². The van der Waals surface area contributed by atoms with Crippen LogP contribution in [0.2, 0.25) is 0 Å². The van der Waals surface area contributed by atoms with Crippen LogP contribution in [0.3, 0.4) is 0 Å². The van der Waals surface area contributed by atoms with Gasteiger partial charge in [0.25, 0.3) is 0 Å². The number of nitrogens with zero attached hydrogens (tertiary/aromatic N) is 2. The molecule has 1 heterocycles. The molecule has 7 nitrogen and oxygen atoms in total. The number of ether oxygens (including phenoxy) is 1. The van der Waals surface area contributed by atoms with Gasteiger partial charge in [0.15, 0.2) is 0 Å². The SMILES string of the molecule is CCN(CC(=O)NCc1ccc(F)cc1)C(=O)C1CCCN(C(=O)OC(C)(C)C)C1. The summed E-state index contributed by atoms with van der Waals surface area (Å²) in [6.45, 7) is 8.69. The Morgan fingerprint density at radius 1 is 1.23 bits per heavy atom. The Bertz CT molecular complexity index is 746. The van der Waals surface area contributed by atoms with Gasteiger partial charge in [0, 0.05) is 26.2 Å². The number of likely N-dealkylation sites (tertiary alicyclic amines) is 1. The highest BCUT2D eigenvalue weighted by Gasteiger charge is 2.33. The van der Waals surface area contributed by atoms with Gasteiger partial charge < -0.3 is 19.9 Å². The van der Waals surface area contributed by atoms with E-state index in [1.54, 1.807) is 37.8 Å². The first-order chi connectivity index (χ1) is 14.1. The third kappa shape index (κ3) is 7.31. The van der Waals surface area contributed by atoms with Gasteiger partial charge >= 0.3 is 6.09 Å². The number of halogens is 1. The molecular formula is C22H32FN3O4. The minimum absolute atomic E-state index is 0.0561. The number of piperidine rings is 1. The predicted molar refractivity (Wildman–Crippen MR) is 111 cm³/mol. The molecule has 0 aliphatic carbocycles. The van der Waals surface area contributed by atoms with Gasteiger partial charge in [-0.15, -0.1) is 0 Å². The summed E-state index contributed by atoms with van der Waals surface area (Å²) in [5.41, 5.74) is 0.186. The summed E-state index contributed by atoms with van der Waals surface area (Å²) in [4.78, 5) is 40.7. The molecule has 1 atom stereocenters. The van der Waals surface area contributed by atoms with Crippen molar-refractivity contribution in [3.63, 3.8) is 0 Å². The molecule has 3 amide bonds. The van der Waals surface area contributed by atoms with Crippen LogP contribution in [0, 0.1) is 11.7 Å². The summed E-state index contributed by atoms with van der Waals surface area (Å²) in [6.07, 6.45) is 0.968. The Labute approximate surface area is 177 Å². The van der Waals surface area contributed by atoms with Gasteiger partial charge in [-0.25, -0.2) is 9.18 Å². The van der Waals surface area contributed by atoms with Crippen LogP contribution in [0.1, 0.15) is 46.1 Å². The van der Waals surface area contributed by atoms with Crippen molar-refractivity contribution in [1.29, 1.82) is 0 Å². The molecule has 1 aliphatic heterocycles. The Morgan fingerprint density at radius 2 is 1.90 bits per heavy atom. The van der Waals surface area contributed by atoms with Crippen molar-refractivity contribution in [2.75, 3.05) is 26.2 Å². The maximum atomic E-state index is 13.0. The van der Waals surface area contributed by atoms with Crippen molar-refractivity contribution < 1.29 is 23.5 Å². The van der Waals surface area contributed by atoms with Gasteiger partial charge in [-0.05, 0) is 58.2 Å². The maximum absolute atomic E-state index is 13.0. The highest BCUT2D eigenvalue weighted by Crippen LogP contribution is 2.21. The predicted octanol–water partition coefficient (Wildman–Crippen LogP) is 2.94. The first-order valence-corrected chi connectivity index (χ1v) is 10.4. The number of carbonyl (C=O) groups is 3. The number of nitrogens with one attached hydrogen (secondary N) is 1. The molecule has 2 rings (SSSR count). The zero-order valence-corrected chi connectivity index (χ0v) is 18.2. The van der Waals surface area contributed by atoms with E-state index in [2.05, 4.69) is 5.32 Å². The van der Waals surface area contributed by atoms with Gasteiger partial charge in [0.1, 0.15) is 11.4 Å². The number of benzene rings is 1. The maximum Gasteiger partial charge on any atom is 0.410 e. The fourth-order valence-electron chi connectivity index (χ4n) is 3.31. The van der Waals surface area contributed by atoms with Crippen LogP contribution in [-0.4, -0.2) is 59.5 Å². The van der Waals surface area contributed by atoms with E-state index in [1.165, 1.54) is 17.0 Å². The van der Waals surface area contributed by atoms with Crippen molar-refractivity contribution in [3.8, 4) is 0 Å². The van der Waals surface area contributed by atoms with Crippen LogP contribution in [0.4, 0.5) is 9.18 Å². The molecule has 0 aromatic heterocycles. The van der Waals surface area contributed by atoms with Gasteiger partial charge in [-0.1, -0.05) is 12.1 Å². The lowest BCUT2D eigenvalue weighted by atomic mass is 9.96. The first kappa shape index (κ1) is 23.6. The monoisotopic (exact) mass is 421 g/mol. The van der Waals surface area contributed by atoms with Gasteiger partial charge in [-0.2, -0.15) is 0 Å². The Hall–Kier alpha value is -2.64. The van der Waals surface area contributed by atoms with Crippen molar-refractivity contribution in [2.45, 2.75) is 52.7 Å². The molecule has 8 heteroatoms. The highest BCUT2D eigenvalue weighted by atomic mass is 19.1. The molecule has 1 saturated heterocycles. The number of likely N-dealkylation sites (N-methyl/N-ethyl adjacent to an activating group) is 1. The normalized spacial score (nSPS) is 16.7. The molecule has 0 spiro atoms. The molecular weight excluding hydrogens is 389 g/mol. The highest BCUT2D eigenvalue weighted by molar-refractivity contribution is 5.86. The second-order valence-electron chi connectivity index (χ2n) is 8.52. The van der Waals surface area contributed by atoms with Gasteiger partial charge in [0.05, 0.1) is 12.5 Å². The molecule has 1 N–H and O–H groups in total. The third-order valence-electron chi connectivity index (χ3n) is 4.85. The lowest BCUT2D eigenvalue weighted by Gasteiger charge is -2.35. The standard InChI is InChI=1S/C22H32FN3O4/c1-5-25(15-19(27)24-13-16-8-10-18(23)11-9-16)20(28)17-7-6-12-26(14-17)21(29)30-22(2,3)4/h8-11,17H,5-7,12-15H2,1-4H3,(H,24,27). The molecule has 1 aliphatic rings. The van der Waals surface area contributed by atoms with E-state index in [1.807, 2.05) is 6.92 Å². The zero-order valence-electron chi connectivity index (χ0n) is 18.2. The Balaban J connectivity index is 1.88. The average molecular weight is 422 g/mol. The number of rotatable bonds is 6. The van der Waals surface area contributed by atoms with Crippen LogP contribution < -0.4 is 5.32 Å². The third-order valence-corrected chi connectivity index (χ3v) is 4.85. The Kier molecular flexibility index (Phi) is 8.20. The van der Waals surface area contributed by atoms with Gasteiger partial charge in [0.2, 0.25) is 11.8 Å². The van der Waals surface area contributed by atoms with E-state index in [0.717, 1.165) is 5.56 Å². The fraction of sp³-hybridized carbons (Fsp3) is 0.591. The molecule has 1 aromatic carbocycles. The van der Waals surface area contributed by atoms with E-state index in [-0.39, 0.29) is 36.6 Å². The van der Waals surface area contributed by atoms with E-state index in [0.29, 0.717) is 32.5 Å². The molecule has 30 heavy (non-hydrogen) atoms. The largest absolute Gasteiger partial charge is 0.444 e. The average Bonchev–Trinajstić information content (AvgIpc) is 2.70. The van der Waals surface area contributed by atoms with E-state index >= 15 is 0 Å². The lowest BCUT2D eigenvalue weighted by Crippen LogP contribution is -2.49. The molecule has 0 radical (unpaired) electrons. The summed E-state index contributed by atoms with van der Waals surface area (Å²) in [5.74, 6) is -1.10. The topological polar surface area (TPSA) is 79.0 Å². The quantitative estimate of drug-likeness (QED) is 0.766. The van der Waals surface area contributed by atoms with E-state index < -0.39 is 11.7 Å². The fourth-order valence-corrected chi connectivity index (χ4v) is 3.31. The van der Waals surface area contributed by atoms with Crippen LogP contribution in [0.15, 0.2) is 24.3 Å². The summed E-state index contributed by atoms with van der Waals surface area (Å²) in [5, 5.41) is 2.75. The van der Waals surface area contributed by atoms with Crippen molar-refractivity contribution >= 4 is 17.9 Å². The van der Waals surface area contributed by atoms with E-state index in [9.17, 15) is 18.8 Å². The molecule has 1 aromatic rings. The molecule has 0 bridgehead atoms. The number of amides is 3. The minimum atomic E-state index is -0.591. The lowest BCUT2D eigenvalue weighted by molar-refractivity contribution is -0.140. The van der Waals surface area contributed by atoms with Crippen molar-refractivity contribution in [1.82, 2.24) is 15.1 Å². The summed E-state index contributed by atoms with van der Waals surface area (Å²) in [6, 6.07) is 5.88. The smallest absolute Gasteiger partial charge is 0.410 e. The zero-order chi connectivity index (χ0) is 22.3. The van der Waals surface area contributed by atoms with Crippen molar-refractivity contribution in [2.24, 2.45) is 5.92 Å². The second kappa shape index (κ2) is 10.4. The van der Waals surface area contributed by atoms with E-state index in [4.69, 9.17) is 4.74 Å². The van der Waals surface area contributed by atoms with Crippen molar-refractivity contribution in [3.05, 3.63) is 35.6 Å². The second-order valence-corrected chi connectivity index (χ2v) is 8.52. The number of hydrogen-bond donors (Lipinski definition) is 1. The summed E-state index contributed by atoms with van der Waals surface area (Å²) < 4.78 is 18.4. The Morgan fingerprint density at radius 3 is 2.50 bits per heavy atom. The molecule has 166 valence electrons. The summed E-state index contributed by atoms with van der Waals surface area (Å²) in [7, 11) is 0. The first-order valence-electron chi connectivity index (χ1n) is 10.4. The van der Waals surface area contributed by atoms with Crippen LogP contribution in [0.5, 0.6) is 0 Å². The number of carbonyl (C=O) groups excluding carboxylic acids is 3. The minimum Gasteiger partial charge on any atom is -0.444 e. The van der Waals surface area contributed by atoms with Crippen LogP contribution >= 0.6 is 0 Å².